The fourth-order valence-corrected chi connectivity index (χ4v) is 6.36. The molecule has 0 bridgehead atoms. The third kappa shape index (κ3) is 22.8. The van der Waals surface area contributed by atoms with E-state index in [0.717, 1.165) is 12.8 Å². The van der Waals surface area contributed by atoms with Gasteiger partial charge in [0.25, 0.3) is 0 Å². The van der Waals surface area contributed by atoms with Crippen LogP contribution in [-0.4, -0.2) is 47.9 Å². The number of ether oxygens (including phenoxy) is 2. The Bertz CT molecular complexity index is 1220. The van der Waals surface area contributed by atoms with Gasteiger partial charge >= 0.3 is 0 Å². The van der Waals surface area contributed by atoms with E-state index in [4.69, 9.17) is 9.47 Å². The van der Waals surface area contributed by atoms with Crippen molar-refractivity contribution in [3.8, 4) is 23.0 Å². The smallest absolute Gasteiger partial charge is 0.128 e. The van der Waals surface area contributed by atoms with E-state index < -0.39 is 5.54 Å². The van der Waals surface area contributed by atoms with Crippen molar-refractivity contribution in [2.75, 3.05) is 19.8 Å². The molecule has 0 saturated heterocycles. The van der Waals surface area contributed by atoms with Crippen LogP contribution in [0.3, 0.4) is 0 Å². The van der Waals surface area contributed by atoms with Crippen LogP contribution in [0.2, 0.25) is 0 Å². The normalized spacial score (nSPS) is 12.0. The van der Waals surface area contributed by atoms with E-state index in [9.17, 15) is 10.2 Å². The summed E-state index contributed by atoms with van der Waals surface area (Å²) in [4.78, 5) is 9.24. The molecule has 2 aromatic carbocycles. The summed E-state index contributed by atoms with van der Waals surface area (Å²) in [5.74, 6) is 1.68. The van der Waals surface area contributed by atoms with E-state index in [0.29, 0.717) is 42.4 Å². The summed E-state index contributed by atoms with van der Waals surface area (Å²) in [7, 11) is 0. The van der Waals surface area contributed by atoms with Gasteiger partial charge in [-0.05, 0) is 51.0 Å². The Balaban J connectivity index is 1.60. The van der Waals surface area contributed by atoms with Crippen molar-refractivity contribution in [3.05, 3.63) is 47.5 Å². The van der Waals surface area contributed by atoms with Gasteiger partial charge in [-0.1, -0.05) is 155 Å². The highest BCUT2D eigenvalue weighted by molar-refractivity contribution is 5.85. The maximum atomic E-state index is 10.6. The molecule has 0 heterocycles. The Morgan fingerprint density at radius 1 is 0.500 bits per heavy atom. The number of hydrogen-bond acceptors (Lipinski definition) is 6. The molecule has 0 aliphatic carbocycles. The number of rotatable bonds is 33. The van der Waals surface area contributed by atoms with Gasteiger partial charge < -0.3 is 19.7 Å². The number of aliphatic imine (C=N–C) groups is 2. The van der Waals surface area contributed by atoms with E-state index in [1.54, 1.807) is 24.6 Å². The van der Waals surface area contributed by atoms with Crippen LogP contribution in [0.15, 0.2) is 46.4 Å². The average molecular weight is 721 g/mol. The van der Waals surface area contributed by atoms with Crippen molar-refractivity contribution >= 4 is 12.4 Å². The average Bonchev–Trinajstić information content (AvgIpc) is 3.12. The van der Waals surface area contributed by atoms with Crippen LogP contribution in [0.5, 0.6) is 23.0 Å². The summed E-state index contributed by atoms with van der Waals surface area (Å²) in [5, 5.41) is 21.1. The Labute approximate surface area is 319 Å². The highest BCUT2D eigenvalue weighted by Crippen LogP contribution is 2.25. The Hall–Kier alpha value is -3.02. The Morgan fingerprint density at radius 2 is 0.846 bits per heavy atom. The molecule has 0 atom stereocenters. The fourth-order valence-electron chi connectivity index (χ4n) is 6.36. The molecule has 0 aliphatic heterocycles. The standard InChI is InChI=1S/C46H76N2O4/c1-5-7-9-11-13-15-17-19-21-23-25-27-33-51-42-31-29-40(44(49)35-42)37-47-39-46(3,4)48-38-41-30-32-43(36-45(41)50)52-34-28-26-24-22-20-18-16-14-12-10-8-6-2/h29-32,35-38,49-50H,5-28,33-34,39H2,1-4H3. The second-order valence-electron chi connectivity index (χ2n) is 15.5. The molecular formula is C46H76N2O4. The molecule has 0 aliphatic rings. The van der Waals surface area contributed by atoms with E-state index in [1.807, 2.05) is 38.1 Å². The van der Waals surface area contributed by atoms with Crippen molar-refractivity contribution in [1.29, 1.82) is 0 Å². The lowest BCUT2D eigenvalue weighted by molar-refractivity contribution is 0.302. The minimum Gasteiger partial charge on any atom is -0.507 e. The summed E-state index contributed by atoms with van der Waals surface area (Å²) < 4.78 is 11.8. The molecule has 0 saturated carbocycles. The van der Waals surface area contributed by atoms with Crippen LogP contribution in [0.1, 0.15) is 193 Å². The molecular weight excluding hydrogens is 645 g/mol. The molecule has 6 nitrogen and oxygen atoms in total. The SMILES string of the molecule is CCCCCCCCCCCCCCOc1ccc(C=NCC(C)(C)N=Cc2ccc(OCCCCCCCCCCCCCC)cc2O)c(O)c1. The Kier molecular flexibility index (Phi) is 25.6. The first kappa shape index (κ1) is 45.1. The van der Waals surface area contributed by atoms with E-state index >= 15 is 0 Å². The monoisotopic (exact) mass is 721 g/mol. The number of hydrogen-bond donors (Lipinski definition) is 2. The van der Waals surface area contributed by atoms with Crippen LogP contribution in [0.25, 0.3) is 0 Å². The van der Waals surface area contributed by atoms with Gasteiger partial charge in [0.1, 0.15) is 23.0 Å². The quantitative estimate of drug-likeness (QED) is 0.0568. The molecule has 294 valence electrons. The van der Waals surface area contributed by atoms with Crippen molar-refractivity contribution in [2.24, 2.45) is 9.98 Å². The third-order valence-corrected chi connectivity index (χ3v) is 9.80. The molecule has 2 rings (SSSR count). The van der Waals surface area contributed by atoms with Crippen LogP contribution in [0, 0.1) is 0 Å². The first-order valence-corrected chi connectivity index (χ1v) is 21.3. The zero-order valence-electron chi connectivity index (χ0n) is 33.8. The second-order valence-corrected chi connectivity index (χ2v) is 15.5. The summed E-state index contributed by atoms with van der Waals surface area (Å²) in [6.45, 7) is 10.3. The minimum absolute atomic E-state index is 0.154. The molecule has 6 heteroatoms. The third-order valence-electron chi connectivity index (χ3n) is 9.80. The van der Waals surface area contributed by atoms with E-state index in [-0.39, 0.29) is 11.5 Å². The highest BCUT2D eigenvalue weighted by atomic mass is 16.5. The molecule has 0 amide bonds. The van der Waals surface area contributed by atoms with Crippen molar-refractivity contribution in [2.45, 2.75) is 187 Å². The van der Waals surface area contributed by atoms with Crippen LogP contribution in [-0.2, 0) is 0 Å². The van der Waals surface area contributed by atoms with E-state index in [2.05, 4.69) is 23.8 Å². The molecule has 52 heavy (non-hydrogen) atoms. The molecule has 2 N–H and O–H groups in total. The highest BCUT2D eigenvalue weighted by Gasteiger charge is 2.15. The topological polar surface area (TPSA) is 83.6 Å². The number of benzene rings is 2. The summed E-state index contributed by atoms with van der Waals surface area (Å²) in [6, 6.07) is 10.8. The predicted octanol–water partition coefficient (Wildman–Crippen LogP) is 13.6. The summed E-state index contributed by atoms with van der Waals surface area (Å²) in [6.07, 6.45) is 35.0. The number of phenols is 2. The largest absolute Gasteiger partial charge is 0.507 e. The van der Waals surface area contributed by atoms with Gasteiger partial charge in [0.05, 0.1) is 25.3 Å². The molecule has 0 fully saturated rings. The van der Waals surface area contributed by atoms with E-state index in [1.165, 1.54) is 141 Å². The van der Waals surface area contributed by atoms with Gasteiger partial charge in [0, 0.05) is 35.7 Å². The molecule has 0 unspecified atom stereocenters. The van der Waals surface area contributed by atoms with Crippen LogP contribution in [0.4, 0.5) is 0 Å². The zero-order valence-corrected chi connectivity index (χ0v) is 33.8. The summed E-state index contributed by atoms with van der Waals surface area (Å²) >= 11 is 0. The van der Waals surface area contributed by atoms with Crippen LogP contribution < -0.4 is 9.47 Å². The lowest BCUT2D eigenvalue weighted by Crippen LogP contribution is -2.21. The van der Waals surface area contributed by atoms with Crippen molar-refractivity contribution < 1.29 is 19.7 Å². The molecule has 0 aromatic heterocycles. The number of nitrogens with zero attached hydrogens (tertiary/aromatic N) is 2. The molecule has 2 aromatic rings. The zero-order chi connectivity index (χ0) is 37.5. The minimum atomic E-state index is -0.486. The summed E-state index contributed by atoms with van der Waals surface area (Å²) in [5.41, 5.74) is 0.806. The Morgan fingerprint density at radius 3 is 1.21 bits per heavy atom. The number of unbranched alkanes of at least 4 members (excludes halogenated alkanes) is 22. The van der Waals surface area contributed by atoms with Gasteiger partial charge in [0.15, 0.2) is 0 Å². The number of phenolic OH excluding ortho intramolecular Hbond substituents is 2. The predicted molar refractivity (Wildman–Crippen MR) is 223 cm³/mol. The number of aromatic hydroxyl groups is 2. The van der Waals surface area contributed by atoms with Crippen molar-refractivity contribution in [3.63, 3.8) is 0 Å². The lowest BCUT2D eigenvalue weighted by atomic mass is 10.1. The molecule has 0 spiro atoms. The first-order chi connectivity index (χ1) is 25.3. The van der Waals surface area contributed by atoms with Gasteiger partial charge in [-0.3, -0.25) is 9.98 Å². The fraction of sp³-hybridized carbons (Fsp3) is 0.696. The lowest BCUT2D eigenvalue weighted by Gasteiger charge is -2.16. The molecule has 0 radical (unpaired) electrons. The first-order valence-electron chi connectivity index (χ1n) is 21.3. The van der Waals surface area contributed by atoms with Crippen molar-refractivity contribution in [1.82, 2.24) is 0 Å². The van der Waals surface area contributed by atoms with Crippen LogP contribution >= 0.6 is 0 Å². The second kappa shape index (κ2) is 29.4. The van der Waals surface area contributed by atoms with Gasteiger partial charge in [0.2, 0.25) is 0 Å². The van der Waals surface area contributed by atoms with Gasteiger partial charge in [-0.15, -0.1) is 0 Å². The van der Waals surface area contributed by atoms with Gasteiger partial charge in [-0.2, -0.15) is 0 Å². The maximum Gasteiger partial charge on any atom is 0.128 e. The van der Waals surface area contributed by atoms with Gasteiger partial charge in [-0.25, -0.2) is 0 Å². The maximum absolute atomic E-state index is 10.6.